The Balaban J connectivity index is 2.18. The van der Waals surface area contributed by atoms with Gasteiger partial charge in [-0.15, -0.1) is 0 Å². The fourth-order valence-electron chi connectivity index (χ4n) is 2.21. The Labute approximate surface area is 127 Å². The maximum Gasteiger partial charge on any atom is 0.169 e. The van der Waals surface area contributed by atoms with E-state index in [1.54, 1.807) is 0 Å². The number of rotatable bonds is 2. The third-order valence-corrected chi connectivity index (χ3v) is 4.26. The molecule has 0 aliphatic rings. The van der Waals surface area contributed by atoms with Gasteiger partial charge < -0.3 is 10.2 Å². The molecule has 19 heavy (non-hydrogen) atoms. The molecule has 0 spiro atoms. The van der Waals surface area contributed by atoms with Crippen molar-refractivity contribution >= 4 is 42.6 Å². The van der Waals surface area contributed by atoms with Crippen molar-refractivity contribution in [3.8, 4) is 0 Å². The van der Waals surface area contributed by atoms with E-state index in [4.69, 9.17) is 10.2 Å². The first-order valence-corrected chi connectivity index (χ1v) is 7.43. The molecule has 0 aliphatic carbocycles. The van der Waals surface area contributed by atoms with Gasteiger partial charge in [-0.05, 0) is 50.5 Å². The molecule has 96 valence electrons. The summed E-state index contributed by atoms with van der Waals surface area (Å²) in [5.74, 6) is 0.749. The molecule has 0 saturated carbocycles. The molecular formula is C15H11Br2NO. The standard InChI is InChI=1S/C15H11Br2NO/c16-12-6-5-11(9-3-1-2-4-10(9)12)15(18)13-7-8-14(17)19-13/h1-8,15H,18H2. The molecule has 2 N–H and O–H groups in total. The molecule has 0 radical (unpaired) electrons. The van der Waals surface area contributed by atoms with Crippen molar-refractivity contribution in [3.63, 3.8) is 0 Å². The van der Waals surface area contributed by atoms with Crippen LogP contribution >= 0.6 is 31.9 Å². The average Bonchev–Trinajstić information content (AvgIpc) is 2.86. The summed E-state index contributed by atoms with van der Waals surface area (Å²) in [5, 5.41) is 2.29. The first-order chi connectivity index (χ1) is 9.16. The van der Waals surface area contributed by atoms with Gasteiger partial charge in [-0.3, -0.25) is 0 Å². The van der Waals surface area contributed by atoms with Gasteiger partial charge >= 0.3 is 0 Å². The highest BCUT2D eigenvalue weighted by Gasteiger charge is 2.16. The van der Waals surface area contributed by atoms with Crippen molar-refractivity contribution in [1.29, 1.82) is 0 Å². The highest BCUT2D eigenvalue weighted by atomic mass is 79.9. The van der Waals surface area contributed by atoms with Crippen LogP contribution in [0.3, 0.4) is 0 Å². The fraction of sp³-hybridized carbons (Fsp3) is 0.0667. The quantitative estimate of drug-likeness (QED) is 0.678. The monoisotopic (exact) mass is 379 g/mol. The number of furan rings is 1. The minimum atomic E-state index is -0.274. The number of fused-ring (bicyclic) bond motifs is 1. The van der Waals surface area contributed by atoms with Gasteiger partial charge in [0.05, 0.1) is 6.04 Å². The van der Waals surface area contributed by atoms with Gasteiger partial charge in [0.1, 0.15) is 5.76 Å². The number of hydrogen-bond acceptors (Lipinski definition) is 2. The molecule has 0 bridgehead atoms. The van der Waals surface area contributed by atoms with E-state index in [-0.39, 0.29) is 6.04 Å². The first-order valence-electron chi connectivity index (χ1n) is 5.85. The number of halogens is 2. The summed E-state index contributed by atoms with van der Waals surface area (Å²) in [6, 6.07) is 15.7. The molecule has 1 unspecified atom stereocenters. The maximum atomic E-state index is 6.32. The highest BCUT2D eigenvalue weighted by Crippen LogP contribution is 2.32. The summed E-state index contributed by atoms with van der Waals surface area (Å²) in [6.07, 6.45) is 0. The van der Waals surface area contributed by atoms with Crippen molar-refractivity contribution in [2.45, 2.75) is 6.04 Å². The minimum Gasteiger partial charge on any atom is -0.452 e. The summed E-state index contributed by atoms with van der Waals surface area (Å²) in [7, 11) is 0. The predicted molar refractivity (Wildman–Crippen MR) is 84.1 cm³/mol. The lowest BCUT2D eigenvalue weighted by atomic mass is 9.98. The third kappa shape index (κ3) is 2.36. The summed E-state index contributed by atoms with van der Waals surface area (Å²) in [6.45, 7) is 0. The Hall–Kier alpha value is -1.10. The van der Waals surface area contributed by atoms with Gasteiger partial charge in [0.2, 0.25) is 0 Å². The van der Waals surface area contributed by atoms with Gasteiger partial charge in [0, 0.05) is 4.47 Å². The molecular weight excluding hydrogens is 370 g/mol. The first kappa shape index (κ1) is 12.9. The zero-order valence-electron chi connectivity index (χ0n) is 9.94. The lowest BCUT2D eigenvalue weighted by Gasteiger charge is -2.13. The van der Waals surface area contributed by atoms with Gasteiger partial charge in [-0.1, -0.05) is 46.3 Å². The van der Waals surface area contributed by atoms with Crippen LogP contribution in [0.2, 0.25) is 0 Å². The molecule has 2 nitrogen and oxygen atoms in total. The van der Waals surface area contributed by atoms with Gasteiger partial charge in [0.15, 0.2) is 4.67 Å². The summed E-state index contributed by atoms with van der Waals surface area (Å²) in [4.78, 5) is 0. The second-order valence-electron chi connectivity index (χ2n) is 4.30. The van der Waals surface area contributed by atoms with Gasteiger partial charge in [0.25, 0.3) is 0 Å². The fourth-order valence-corrected chi connectivity index (χ4v) is 3.00. The van der Waals surface area contributed by atoms with Crippen molar-refractivity contribution in [2.24, 2.45) is 5.73 Å². The zero-order chi connectivity index (χ0) is 13.4. The van der Waals surface area contributed by atoms with Crippen LogP contribution in [0.25, 0.3) is 10.8 Å². The van der Waals surface area contributed by atoms with Crippen molar-refractivity contribution < 1.29 is 4.42 Å². The molecule has 0 fully saturated rings. The van der Waals surface area contributed by atoms with Crippen molar-refractivity contribution in [1.82, 2.24) is 0 Å². The van der Waals surface area contributed by atoms with Crippen LogP contribution in [0, 0.1) is 0 Å². The molecule has 3 aromatic rings. The van der Waals surface area contributed by atoms with E-state index in [2.05, 4.69) is 44.0 Å². The Kier molecular flexibility index (Phi) is 3.48. The van der Waals surface area contributed by atoms with Crippen molar-refractivity contribution in [3.05, 3.63) is 69.0 Å². The molecule has 0 amide bonds. The summed E-state index contributed by atoms with van der Waals surface area (Å²) >= 11 is 6.87. The Morgan fingerprint density at radius 2 is 1.63 bits per heavy atom. The maximum absolute atomic E-state index is 6.32. The Morgan fingerprint density at radius 3 is 2.32 bits per heavy atom. The van der Waals surface area contributed by atoms with Gasteiger partial charge in [-0.2, -0.15) is 0 Å². The van der Waals surface area contributed by atoms with Crippen LogP contribution in [0.15, 0.2) is 62.1 Å². The molecule has 0 saturated heterocycles. The zero-order valence-corrected chi connectivity index (χ0v) is 13.1. The van der Waals surface area contributed by atoms with Crippen LogP contribution in [0.5, 0.6) is 0 Å². The van der Waals surface area contributed by atoms with Gasteiger partial charge in [-0.25, -0.2) is 0 Å². The van der Waals surface area contributed by atoms with E-state index in [1.165, 1.54) is 0 Å². The van der Waals surface area contributed by atoms with E-state index >= 15 is 0 Å². The van der Waals surface area contributed by atoms with E-state index < -0.39 is 0 Å². The largest absolute Gasteiger partial charge is 0.452 e. The van der Waals surface area contributed by atoms with E-state index in [0.29, 0.717) is 4.67 Å². The predicted octanol–water partition coefficient (Wildman–Crippen LogP) is 5.01. The second-order valence-corrected chi connectivity index (χ2v) is 5.94. The SMILES string of the molecule is NC(c1ccc(Br)o1)c1ccc(Br)c2ccccc12. The van der Waals surface area contributed by atoms with E-state index in [9.17, 15) is 0 Å². The second kappa shape index (κ2) is 5.12. The summed E-state index contributed by atoms with van der Waals surface area (Å²) in [5.41, 5.74) is 7.37. The molecule has 1 aromatic heterocycles. The third-order valence-electron chi connectivity index (χ3n) is 3.14. The Bertz CT molecular complexity index is 736. The van der Waals surface area contributed by atoms with Crippen LogP contribution < -0.4 is 5.73 Å². The number of benzene rings is 2. The topological polar surface area (TPSA) is 39.2 Å². The molecule has 3 rings (SSSR count). The number of hydrogen-bond donors (Lipinski definition) is 1. The highest BCUT2D eigenvalue weighted by molar-refractivity contribution is 9.10. The van der Waals surface area contributed by atoms with Crippen LogP contribution in [-0.4, -0.2) is 0 Å². The normalized spacial score (nSPS) is 12.8. The van der Waals surface area contributed by atoms with E-state index in [1.807, 2.05) is 36.4 Å². The number of nitrogens with two attached hydrogens (primary N) is 1. The molecule has 4 heteroatoms. The van der Waals surface area contributed by atoms with Crippen LogP contribution in [-0.2, 0) is 0 Å². The van der Waals surface area contributed by atoms with Crippen LogP contribution in [0.1, 0.15) is 17.4 Å². The summed E-state index contributed by atoms with van der Waals surface area (Å²) < 4.78 is 7.32. The Morgan fingerprint density at radius 1 is 0.895 bits per heavy atom. The molecule has 1 heterocycles. The lowest BCUT2D eigenvalue weighted by Crippen LogP contribution is -2.11. The van der Waals surface area contributed by atoms with E-state index in [0.717, 1.165) is 26.6 Å². The average molecular weight is 381 g/mol. The lowest BCUT2D eigenvalue weighted by molar-refractivity contribution is 0.471. The minimum absolute atomic E-state index is 0.274. The van der Waals surface area contributed by atoms with Crippen molar-refractivity contribution in [2.75, 3.05) is 0 Å². The molecule has 2 aromatic carbocycles. The smallest absolute Gasteiger partial charge is 0.169 e. The molecule has 0 aliphatic heterocycles. The van der Waals surface area contributed by atoms with Crippen LogP contribution in [0.4, 0.5) is 0 Å². The molecule has 1 atom stereocenters.